The van der Waals surface area contributed by atoms with Gasteiger partial charge in [0.25, 0.3) is 5.56 Å². The lowest BCUT2D eigenvalue weighted by molar-refractivity contribution is -0.139. The van der Waals surface area contributed by atoms with E-state index < -0.39 is 17.3 Å². The fourth-order valence-electron chi connectivity index (χ4n) is 1.85. The van der Waals surface area contributed by atoms with E-state index in [1.165, 1.54) is 7.11 Å². The standard InChI is InChI=1S/C12H15F3N2O2/c1-19-6-2-5-17-11(18)9(12(13,14)15)7-10(16-17)8-3-4-8/h7-8H,2-6H2,1H3. The second-order valence-corrected chi connectivity index (χ2v) is 4.63. The Hall–Kier alpha value is -1.37. The van der Waals surface area contributed by atoms with Crippen molar-refractivity contribution >= 4 is 0 Å². The molecular weight excluding hydrogens is 261 g/mol. The quantitative estimate of drug-likeness (QED) is 0.774. The molecular formula is C12H15F3N2O2. The first-order chi connectivity index (χ1) is 8.93. The third-order valence-corrected chi connectivity index (χ3v) is 3.01. The van der Waals surface area contributed by atoms with E-state index in [-0.39, 0.29) is 12.5 Å². The first kappa shape index (κ1) is 14.0. The third kappa shape index (κ3) is 3.34. The molecule has 0 N–H and O–H groups in total. The Balaban J connectivity index is 2.35. The Kier molecular flexibility index (Phi) is 3.93. The largest absolute Gasteiger partial charge is 0.421 e. The maximum absolute atomic E-state index is 12.8. The lowest BCUT2D eigenvalue weighted by atomic mass is 10.2. The molecule has 1 aromatic heterocycles. The van der Waals surface area contributed by atoms with Crippen LogP contribution in [0.2, 0.25) is 0 Å². The van der Waals surface area contributed by atoms with Crippen molar-refractivity contribution in [2.45, 2.75) is 37.9 Å². The van der Waals surface area contributed by atoms with E-state index in [0.29, 0.717) is 18.7 Å². The minimum absolute atomic E-state index is 0.0652. The van der Waals surface area contributed by atoms with Gasteiger partial charge in [0.1, 0.15) is 5.56 Å². The van der Waals surface area contributed by atoms with Gasteiger partial charge in [-0.25, -0.2) is 4.68 Å². The fraction of sp³-hybridized carbons (Fsp3) is 0.667. The summed E-state index contributed by atoms with van der Waals surface area (Å²) in [5, 5.41) is 4.03. The molecule has 106 valence electrons. The van der Waals surface area contributed by atoms with Crippen molar-refractivity contribution in [3.63, 3.8) is 0 Å². The number of nitrogens with zero attached hydrogens (tertiary/aromatic N) is 2. The first-order valence-corrected chi connectivity index (χ1v) is 6.11. The summed E-state index contributed by atoms with van der Waals surface area (Å²) >= 11 is 0. The Bertz CT molecular complexity index is 507. The second-order valence-electron chi connectivity index (χ2n) is 4.63. The fourth-order valence-corrected chi connectivity index (χ4v) is 1.85. The molecule has 2 rings (SSSR count). The van der Waals surface area contributed by atoms with Crippen molar-refractivity contribution in [1.29, 1.82) is 0 Å². The van der Waals surface area contributed by atoms with E-state index in [2.05, 4.69) is 5.10 Å². The molecule has 1 aliphatic carbocycles. The predicted molar refractivity (Wildman–Crippen MR) is 62.0 cm³/mol. The summed E-state index contributed by atoms with van der Waals surface area (Å²) in [5.41, 5.74) is -1.83. The summed E-state index contributed by atoms with van der Waals surface area (Å²) in [5.74, 6) is 0.0652. The average Bonchev–Trinajstić information content (AvgIpc) is 3.14. The van der Waals surface area contributed by atoms with Crippen molar-refractivity contribution in [1.82, 2.24) is 9.78 Å². The Labute approximate surface area is 108 Å². The smallest absolute Gasteiger partial charge is 0.385 e. The summed E-state index contributed by atoms with van der Waals surface area (Å²) in [4.78, 5) is 11.7. The molecule has 0 unspecified atom stereocenters. The number of halogens is 3. The van der Waals surface area contributed by atoms with E-state index in [1.54, 1.807) is 0 Å². The maximum Gasteiger partial charge on any atom is 0.421 e. The molecule has 0 aliphatic heterocycles. The van der Waals surface area contributed by atoms with Crippen LogP contribution in [0.25, 0.3) is 0 Å². The van der Waals surface area contributed by atoms with Crippen LogP contribution in [0, 0.1) is 0 Å². The van der Waals surface area contributed by atoms with Gasteiger partial charge in [-0.05, 0) is 25.3 Å². The normalized spacial score (nSPS) is 15.8. The molecule has 1 heterocycles. The average molecular weight is 276 g/mol. The molecule has 0 radical (unpaired) electrons. The zero-order valence-corrected chi connectivity index (χ0v) is 10.5. The number of aryl methyl sites for hydroxylation is 1. The number of ether oxygens (including phenoxy) is 1. The minimum Gasteiger partial charge on any atom is -0.385 e. The second kappa shape index (κ2) is 5.32. The Morgan fingerprint density at radius 1 is 1.47 bits per heavy atom. The van der Waals surface area contributed by atoms with E-state index in [4.69, 9.17) is 4.74 Å². The minimum atomic E-state index is -4.63. The number of alkyl halides is 3. The topological polar surface area (TPSA) is 44.1 Å². The Morgan fingerprint density at radius 3 is 2.68 bits per heavy atom. The van der Waals surface area contributed by atoms with Gasteiger partial charge >= 0.3 is 6.18 Å². The van der Waals surface area contributed by atoms with E-state index in [0.717, 1.165) is 23.6 Å². The van der Waals surface area contributed by atoms with Crippen LogP contribution in [0.3, 0.4) is 0 Å². The molecule has 0 saturated heterocycles. The highest BCUT2D eigenvalue weighted by molar-refractivity contribution is 5.22. The van der Waals surface area contributed by atoms with Gasteiger partial charge in [0.15, 0.2) is 0 Å². The predicted octanol–water partition coefficient (Wildman–Crippen LogP) is 2.18. The number of hydrogen-bond acceptors (Lipinski definition) is 3. The molecule has 1 aromatic rings. The van der Waals surface area contributed by atoms with Crippen LogP contribution in [-0.4, -0.2) is 23.5 Å². The van der Waals surface area contributed by atoms with Gasteiger partial charge in [-0.1, -0.05) is 0 Å². The third-order valence-electron chi connectivity index (χ3n) is 3.01. The summed E-state index contributed by atoms with van der Waals surface area (Å²) in [6.07, 6.45) is -2.51. The van der Waals surface area contributed by atoms with Crippen LogP contribution < -0.4 is 5.56 Å². The lowest BCUT2D eigenvalue weighted by Crippen LogP contribution is -2.31. The highest BCUT2D eigenvalue weighted by atomic mass is 19.4. The van der Waals surface area contributed by atoms with Crippen molar-refractivity contribution < 1.29 is 17.9 Å². The molecule has 4 nitrogen and oxygen atoms in total. The number of hydrogen-bond donors (Lipinski definition) is 0. The monoisotopic (exact) mass is 276 g/mol. The molecule has 1 saturated carbocycles. The Morgan fingerprint density at radius 2 is 2.16 bits per heavy atom. The molecule has 1 fully saturated rings. The first-order valence-electron chi connectivity index (χ1n) is 6.11. The summed E-state index contributed by atoms with van der Waals surface area (Å²) < 4.78 is 44.2. The molecule has 1 aliphatic rings. The van der Waals surface area contributed by atoms with Gasteiger partial charge in [0.05, 0.1) is 5.69 Å². The van der Waals surface area contributed by atoms with Gasteiger partial charge in [-0.15, -0.1) is 0 Å². The molecule has 0 aromatic carbocycles. The molecule has 0 spiro atoms. The SMILES string of the molecule is COCCCn1nc(C2CC2)cc(C(F)(F)F)c1=O. The molecule has 19 heavy (non-hydrogen) atoms. The number of rotatable bonds is 5. The zero-order chi connectivity index (χ0) is 14.0. The van der Waals surface area contributed by atoms with Gasteiger partial charge in [-0.2, -0.15) is 18.3 Å². The zero-order valence-electron chi connectivity index (χ0n) is 10.5. The number of aromatic nitrogens is 2. The van der Waals surface area contributed by atoms with Gasteiger partial charge in [0.2, 0.25) is 0 Å². The van der Waals surface area contributed by atoms with Crippen molar-refractivity contribution in [3.05, 3.63) is 27.7 Å². The van der Waals surface area contributed by atoms with Crippen LogP contribution >= 0.6 is 0 Å². The molecule has 0 amide bonds. The van der Waals surface area contributed by atoms with Gasteiger partial charge in [-0.3, -0.25) is 4.79 Å². The summed E-state index contributed by atoms with van der Waals surface area (Å²) in [7, 11) is 1.50. The van der Waals surface area contributed by atoms with Gasteiger partial charge < -0.3 is 4.74 Å². The van der Waals surface area contributed by atoms with Gasteiger partial charge in [0, 0.05) is 26.2 Å². The summed E-state index contributed by atoms with van der Waals surface area (Å²) in [6.45, 7) is 0.513. The van der Waals surface area contributed by atoms with Crippen LogP contribution in [0.5, 0.6) is 0 Å². The lowest BCUT2D eigenvalue weighted by Gasteiger charge is -2.12. The summed E-state index contributed by atoms with van der Waals surface area (Å²) in [6, 6.07) is 0.896. The molecule has 0 bridgehead atoms. The van der Waals surface area contributed by atoms with Crippen LogP contribution in [-0.2, 0) is 17.5 Å². The van der Waals surface area contributed by atoms with Crippen LogP contribution in [0.1, 0.15) is 36.4 Å². The van der Waals surface area contributed by atoms with E-state index in [9.17, 15) is 18.0 Å². The van der Waals surface area contributed by atoms with Crippen LogP contribution in [0.4, 0.5) is 13.2 Å². The highest BCUT2D eigenvalue weighted by Gasteiger charge is 2.37. The molecule has 7 heteroatoms. The van der Waals surface area contributed by atoms with E-state index >= 15 is 0 Å². The van der Waals surface area contributed by atoms with Crippen molar-refractivity contribution in [2.24, 2.45) is 0 Å². The highest BCUT2D eigenvalue weighted by Crippen LogP contribution is 2.40. The van der Waals surface area contributed by atoms with E-state index in [1.807, 2.05) is 0 Å². The number of methoxy groups -OCH3 is 1. The van der Waals surface area contributed by atoms with Crippen molar-refractivity contribution in [2.75, 3.05) is 13.7 Å². The molecule has 0 atom stereocenters. The van der Waals surface area contributed by atoms with Crippen molar-refractivity contribution in [3.8, 4) is 0 Å². The maximum atomic E-state index is 12.8. The van der Waals surface area contributed by atoms with Crippen LogP contribution in [0.15, 0.2) is 10.9 Å².